The summed E-state index contributed by atoms with van der Waals surface area (Å²) >= 11 is 3.14. The average molecular weight is 360 g/mol. The zero-order valence-electron chi connectivity index (χ0n) is 14.5. The number of hydroxylamine groups is 2. The topological polar surface area (TPSA) is 38.7 Å². The Morgan fingerprint density at radius 3 is 1.95 bits per heavy atom. The summed E-state index contributed by atoms with van der Waals surface area (Å²) in [4.78, 5) is 7.24. The molecule has 0 aromatic rings. The molecule has 1 aliphatic rings. The van der Waals surface area contributed by atoms with Crippen LogP contribution in [-0.2, 0) is 5.21 Å². The molecule has 2 radical (unpaired) electrons. The average Bonchev–Trinajstić information content (AvgIpc) is 2.35. The minimum absolute atomic E-state index is 0.215. The van der Waals surface area contributed by atoms with Gasteiger partial charge in [-0.1, -0.05) is 0 Å². The van der Waals surface area contributed by atoms with Crippen LogP contribution < -0.4 is 0 Å². The minimum atomic E-state index is -0.351. The fraction of sp³-hybridized carbons (Fsp3) is 0.938. The Morgan fingerprint density at radius 2 is 1.57 bits per heavy atom. The van der Waals surface area contributed by atoms with Gasteiger partial charge in [0.25, 0.3) is 0 Å². The molecule has 0 atom stereocenters. The molecule has 21 heavy (non-hydrogen) atoms. The molecule has 1 rings (SSSR count). The first-order valence-corrected chi connectivity index (χ1v) is 8.97. The van der Waals surface area contributed by atoms with Crippen molar-refractivity contribution in [1.29, 1.82) is 0 Å². The number of rotatable bonds is 5. The Balaban J connectivity index is 2.87. The molecule has 0 aromatic heterocycles. The summed E-state index contributed by atoms with van der Waals surface area (Å²) < 4.78 is 1.01. The summed E-state index contributed by atoms with van der Waals surface area (Å²) in [7, 11) is 0. The van der Waals surface area contributed by atoms with Crippen LogP contribution in [0.1, 0.15) is 67.2 Å². The third-order valence-corrected chi connectivity index (χ3v) is 4.88. The first-order chi connectivity index (χ1) is 9.64. The Kier molecular flexibility index (Phi) is 6.73. The van der Waals surface area contributed by atoms with E-state index in [0.717, 1.165) is 43.5 Å². The van der Waals surface area contributed by atoms with Gasteiger partial charge in [-0.05, 0) is 0 Å². The van der Waals surface area contributed by atoms with Crippen molar-refractivity contribution in [2.45, 2.75) is 84.3 Å². The number of amidine groups is 1. The maximum absolute atomic E-state index is 12.4. The van der Waals surface area contributed by atoms with Crippen LogP contribution in [0.3, 0.4) is 0 Å². The maximum atomic E-state index is 12.4. The number of aliphatic imine (C=N–C) groups is 1. The van der Waals surface area contributed by atoms with Gasteiger partial charge in [0, 0.05) is 0 Å². The number of hydrogen-bond acceptors (Lipinski definition) is 2. The van der Waals surface area contributed by atoms with Crippen molar-refractivity contribution >= 4 is 20.7 Å². The van der Waals surface area contributed by atoms with Crippen LogP contribution in [0, 0.1) is 0 Å². The molecular weight excluding hydrogens is 329 g/mol. The second-order valence-electron chi connectivity index (χ2n) is 7.38. The van der Waals surface area contributed by atoms with E-state index in [9.17, 15) is 5.21 Å². The predicted octanol–water partition coefficient (Wildman–Crippen LogP) is 3.00. The van der Waals surface area contributed by atoms with E-state index in [1.165, 1.54) is 5.06 Å². The third kappa shape index (κ3) is 4.95. The van der Waals surface area contributed by atoms with Crippen molar-refractivity contribution in [3.8, 4) is 0 Å². The second-order valence-corrected chi connectivity index (χ2v) is 8.15. The van der Waals surface area contributed by atoms with Gasteiger partial charge in [0.1, 0.15) is 0 Å². The van der Waals surface area contributed by atoms with Gasteiger partial charge in [-0.3, -0.25) is 0 Å². The molecule has 5 heteroatoms. The van der Waals surface area contributed by atoms with Gasteiger partial charge < -0.3 is 0 Å². The SMILES string of the molecule is CCCN(CCC)C([Se])=NC1CC(C)(C)N([O])C(C)(C)C1. The summed E-state index contributed by atoms with van der Waals surface area (Å²) in [5, 5.41) is 13.7. The third-order valence-electron chi connectivity index (χ3n) is 4.12. The molecule has 0 N–H and O–H groups in total. The molecule has 1 saturated heterocycles. The van der Waals surface area contributed by atoms with E-state index in [2.05, 4.69) is 34.8 Å². The van der Waals surface area contributed by atoms with Crippen LogP contribution in [0.2, 0.25) is 0 Å². The number of piperidine rings is 1. The summed E-state index contributed by atoms with van der Waals surface area (Å²) in [6.07, 6.45) is 3.88. The quantitative estimate of drug-likeness (QED) is 0.430. The first kappa shape index (κ1) is 19.0. The standard InChI is InChI=1S/C16H31N3OSe/c1-7-9-18(10-8-2)14(21)17-13-11-15(3,4)19(20)16(5,6)12-13/h13H,7-12H2,1-6H3. The Morgan fingerprint density at radius 1 is 1.14 bits per heavy atom. The van der Waals surface area contributed by atoms with Gasteiger partial charge in [0.05, 0.1) is 0 Å². The Bertz CT molecular complexity index is 345. The molecule has 122 valence electrons. The molecule has 1 fully saturated rings. The summed E-state index contributed by atoms with van der Waals surface area (Å²) in [5.41, 5.74) is -0.701. The Hall–Kier alpha value is -0.0905. The summed E-state index contributed by atoms with van der Waals surface area (Å²) in [6, 6.07) is 0.215. The molecule has 0 aromatic carbocycles. The molecule has 0 amide bonds. The van der Waals surface area contributed by atoms with Gasteiger partial charge in [0.2, 0.25) is 0 Å². The van der Waals surface area contributed by atoms with E-state index < -0.39 is 0 Å². The molecule has 0 unspecified atom stereocenters. The molecular formula is C16H31N3OSe. The molecule has 0 aliphatic carbocycles. The number of hydrogen-bond donors (Lipinski definition) is 0. The van der Waals surface area contributed by atoms with E-state index in [1.54, 1.807) is 0 Å². The van der Waals surface area contributed by atoms with Crippen LogP contribution in [-0.4, -0.2) is 60.9 Å². The van der Waals surface area contributed by atoms with Crippen LogP contribution in [0.4, 0.5) is 0 Å². The van der Waals surface area contributed by atoms with E-state index in [0.29, 0.717) is 0 Å². The zero-order chi connectivity index (χ0) is 16.3. The van der Waals surface area contributed by atoms with Gasteiger partial charge >= 0.3 is 138 Å². The van der Waals surface area contributed by atoms with Gasteiger partial charge in [-0.15, -0.1) is 0 Å². The zero-order valence-corrected chi connectivity index (χ0v) is 16.2. The van der Waals surface area contributed by atoms with Crippen LogP contribution in [0.5, 0.6) is 0 Å². The van der Waals surface area contributed by atoms with Gasteiger partial charge in [0.15, 0.2) is 0 Å². The van der Waals surface area contributed by atoms with E-state index >= 15 is 0 Å². The van der Waals surface area contributed by atoms with Crippen molar-refractivity contribution in [1.82, 2.24) is 9.96 Å². The van der Waals surface area contributed by atoms with Crippen molar-refractivity contribution < 1.29 is 5.21 Å². The monoisotopic (exact) mass is 361 g/mol. The van der Waals surface area contributed by atoms with Crippen LogP contribution in [0.25, 0.3) is 0 Å². The second kappa shape index (κ2) is 7.45. The van der Waals surface area contributed by atoms with Crippen LogP contribution >= 0.6 is 0 Å². The fourth-order valence-corrected chi connectivity index (χ4v) is 4.08. The summed E-state index contributed by atoms with van der Waals surface area (Å²) in [5.74, 6) is 0. The van der Waals surface area contributed by atoms with Gasteiger partial charge in [-0.25, -0.2) is 0 Å². The van der Waals surface area contributed by atoms with E-state index in [-0.39, 0.29) is 17.1 Å². The van der Waals surface area contributed by atoms with Crippen molar-refractivity contribution in [3.05, 3.63) is 0 Å². The van der Waals surface area contributed by atoms with Crippen molar-refractivity contribution in [2.75, 3.05) is 13.1 Å². The first-order valence-electron chi connectivity index (χ1n) is 8.11. The molecule has 1 heterocycles. The van der Waals surface area contributed by atoms with Gasteiger partial charge in [-0.2, -0.15) is 0 Å². The predicted molar refractivity (Wildman–Crippen MR) is 89.0 cm³/mol. The number of nitrogens with zero attached hydrogens (tertiary/aromatic N) is 3. The molecule has 4 nitrogen and oxygen atoms in total. The molecule has 0 saturated carbocycles. The Labute approximate surface area is 138 Å². The fourth-order valence-electron chi connectivity index (χ4n) is 3.38. The van der Waals surface area contributed by atoms with E-state index in [1.807, 2.05) is 27.7 Å². The molecule has 0 spiro atoms. The normalized spacial score (nSPS) is 23.3. The molecule has 1 aliphatic heterocycles. The van der Waals surface area contributed by atoms with Crippen LogP contribution in [0.15, 0.2) is 4.99 Å². The van der Waals surface area contributed by atoms with Crippen molar-refractivity contribution in [3.63, 3.8) is 0 Å². The van der Waals surface area contributed by atoms with Crippen molar-refractivity contribution in [2.24, 2.45) is 4.99 Å². The molecule has 0 bridgehead atoms. The van der Waals surface area contributed by atoms with E-state index in [4.69, 9.17) is 4.99 Å². The summed E-state index contributed by atoms with van der Waals surface area (Å²) in [6.45, 7) is 14.6.